The van der Waals surface area contributed by atoms with Crippen LogP contribution < -0.4 is 10.3 Å². The van der Waals surface area contributed by atoms with E-state index in [2.05, 4.69) is 121 Å². The van der Waals surface area contributed by atoms with E-state index in [-0.39, 0.29) is 5.56 Å². The summed E-state index contributed by atoms with van der Waals surface area (Å²) in [5.74, 6) is 1.38. The lowest BCUT2D eigenvalue weighted by atomic mass is 9.70. The van der Waals surface area contributed by atoms with Crippen LogP contribution in [-0.2, 0) is 5.41 Å². The van der Waals surface area contributed by atoms with Crippen LogP contribution in [0.1, 0.15) is 22.3 Å². The van der Waals surface area contributed by atoms with Crippen molar-refractivity contribution in [2.75, 3.05) is 0 Å². The molecule has 0 fully saturated rings. The van der Waals surface area contributed by atoms with Crippen molar-refractivity contribution < 1.29 is 4.74 Å². The number of benzene rings is 7. The number of fused-ring (bicyclic) bond motifs is 14. The molecule has 11 rings (SSSR count). The Morgan fingerprint density at radius 1 is 0.447 bits per heavy atom. The lowest BCUT2D eigenvalue weighted by Gasteiger charge is -2.31. The molecule has 2 heterocycles. The number of pyridine rings is 1. The Bertz CT molecular complexity index is 2690. The highest BCUT2D eigenvalue weighted by Gasteiger charge is 2.52. The molecule has 3 aliphatic rings. The Morgan fingerprint density at radius 2 is 1.02 bits per heavy atom. The van der Waals surface area contributed by atoms with Crippen molar-refractivity contribution in [2.45, 2.75) is 5.41 Å². The van der Waals surface area contributed by atoms with Gasteiger partial charge in [-0.15, -0.1) is 0 Å². The summed E-state index contributed by atoms with van der Waals surface area (Å²) in [6, 6.07) is 53.4. The van der Waals surface area contributed by atoms with Crippen LogP contribution in [0.4, 0.5) is 0 Å². The van der Waals surface area contributed by atoms with E-state index >= 15 is 0 Å². The Labute approximate surface area is 270 Å². The second-order valence-electron chi connectivity index (χ2n) is 12.8. The maximum Gasteiger partial charge on any atom is 0.263 e. The second-order valence-corrected chi connectivity index (χ2v) is 12.8. The fourth-order valence-electron chi connectivity index (χ4n) is 8.76. The van der Waals surface area contributed by atoms with E-state index in [9.17, 15) is 4.79 Å². The monoisotopic (exact) mass is 599 g/mol. The molecule has 3 nitrogen and oxygen atoms in total. The molecule has 1 spiro atoms. The fourth-order valence-corrected chi connectivity index (χ4v) is 8.76. The Kier molecular flexibility index (Phi) is 4.66. The first-order valence-electron chi connectivity index (χ1n) is 16.1. The van der Waals surface area contributed by atoms with Gasteiger partial charge >= 0.3 is 0 Å². The number of nitrogens with zero attached hydrogens (tertiary/aromatic N) is 1. The van der Waals surface area contributed by atoms with Gasteiger partial charge in [0.25, 0.3) is 5.56 Å². The summed E-state index contributed by atoms with van der Waals surface area (Å²) < 4.78 is 8.85. The van der Waals surface area contributed by atoms with Gasteiger partial charge in [0.1, 0.15) is 0 Å². The van der Waals surface area contributed by atoms with Crippen molar-refractivity contribution >= 4 is 21.7 Å². The van der Waals surface area contributed by atoms with E-state index in [1.165, 1.54) is 38.9 Å². The summed E-state index contributed by atoms with van der Waals surface area (Å²) in [4.78, 5) is 14.5. The van der Waals surface area contributed by atoms with E-state index in [1.54, 1.807) is 0 Å². The Hall–Kier alpha value is -6.19. The molecule has 218 valence electrons. The van der Waals surface area contributed by atoms with Crippen molar-refractivity contribution in [1.82, 2.24) is 4.57 Å². The number of hydrogen-bond acceptors (Lipinski definition) is 2. The average Bonchev–Trinajstić information content (AvgIpc) is 3.59. The molecule has 8 aromatic rings. The molecule has 0 unspecified atom stereocenters. The van der Waals surface area contributed by atoms with Crippen molar-refractivity contribution in [3.8, 4) is 50.6 Å². The van der Waals surface area contributed by atoms with Gasteiger partial charge in [-0.3, -0.25) is 9.36 Å². The predicted octanol–water partition coefficient (Wildman–Crippen LogP) is 10.3. The third kappa shape index (κ3) is 3.00. The van der Waals surface area contributed by atoms with Gasteiger partial charge in [-0.05, 0) is 91.4 Å². The standard InChI is InChI=1S/C44H25NO2/c46-43-32-18-5-4-14-28(32)34-22-27(26-12-2-1-3-13-26)23-41-42(34)45(43)39-24-33-31-17-8-11-21-37(31)44(38(33)25-40(39)47-41)35-19-9-6-15-29(35)30-16-7-10-20-36(30)44/h1-25H. The van der Waals surface area contributed by atoms with Gasteiger partial charge in [0.15, 0.2) is 11.5 Å². The van der Waals surface area contributed by atoms with Gasteiger partial charge in [0.2, 0.25) is 0 Å². The highest BCUT2D eigenvalue weighted by atomic mass is 16.5. The molecule has 0 amide bonds. The minimum atomic E-state index is -0.493. The molecule has 0 saturated heterocycles. The molecule has 3 heteroatoms. The van der Waals surface area contributed by atoms with E-state index in [1.807, 2.05) is 34.9 Å². The number of aromatic nitrogens is 1. The Balaban J connectivity index is 1.27. The van der Waals surface area contributed by atoms with E-state index in [0.29, 0.717) is 16.9 Å². The molecule has 0 radical (unpaired) electrons. The highest BCUT2D eigenvalue weighted by Crippen LogP contribution is 2.64. The zero-order valence-electron chi connectivity index (χ0n) is 25.2. The van der Waals surface area contributed by atoms with E-state index in [0.717, 1.165) is 38.7 Å². The zero-order valence-corrected chi connectivity index (χ0v) is 25.2. The molecule has 1 aromatic heterocycles. The minimum absolute atomic E-state index is 0.0381. The van der Waals surface area contributed by atoms with Crippen molar-refractivity contribution in [2.24, 2.45) is 0 Å². The van der Waals surface area contributed by atoms with Gasteiger partial charge in [0, 0.05) is 10.8 Å². The normalized spacial score (nSPS) is 14.0. The highest BCUT2D eigenvalue weighted by molar-refractivity contribution is 6.10. The van der Waals surface area contributed by atoms with E-state index < -0.39 is 5.41 Å². The van der Waals surface area contributed by atoms with Crippen molar-refractivity contribution in [3.63, 3.8) is 0 Å². The smallest absolute Gasteiger partial charge is 0.263 e. The number of hydrogen-bond donors (Lipinski definition) is 0. The molecule has 0 N–H and O–H groups in total. The van der Waals surface area contributed by atoms with Gasteiger partial charge in [0.05, 0.1) is 16.6 Å². The SMILES string of the molecule is O=c1c2ccccc2c2cc(-c3ccccc3)cc3c2n1-c1cc2c(cc1O3)C1(c3ccccc3-c3ccccc31)c1ccccc1-2. The van der Waals surface area contributed by atoms with Crippen LogP contribution in [0.15, 0.2) is 156 Å². The third-order valence-corrected chi connectivity index (χ3v) is 10.6. The largest absolute Gasteiger partial charge is 0.453 e. The maximum absolute atomic E-state index is 14.5. The molecule has 0 bridgehead atoms. The lowest BCUT2D eigenvalue weighted by Crippen LogP contribution is -2.26. The first kappa shape index (κ1) is 25.1. The van der Waals surface area contributed by atoms with Crippen LogP contribution in [0.25, 0.3) is 60.7 Å². The fraction of sp³-hybridized carbons (Fsp3) is 0.0227. The second kappa shape index (κ2) is 8.74. The molecule has 0 saturated carbocycles. The summed E-state index contributed by atoms with van der Waals surface area (Å²) in [5, 5.41) is 2.62. The average molecular weight is 600 g/mol. The third-order valence-electron chi connectivity index (χ3n) is 10.6. The summed E-state index contributed by atoms with van der Waals surface area (Å²) in [5.41, 5.74) is 13.0. The molecule has 7 aromatic carbocycles. The first-order valence-corrected chi connectivity index (χ1v) is 16.1. The van der Waals surface area contributed by atoms with Crippen molar-refractivity contribution in [1.29, 1.82) is 0 Å². The van der Waals surface area contributed by atoms with Crippen LogP contribution in [-0.4, -0.2) is 4.57 Å². The minimum Gasteiger partial charge on any atom is -0.453 e. The summed E-state index contributed by atoms with van der Waals surface area (Å²) in [6.45, 7) is 0. The van der Waals surface area contributed by atoms with Gasteiger partial charge in [-0.2, -0.15) is 0 Å². The number of ether oxygens (including phenoxy) is 1. The predicted molar refractivity (Wildman–Crippen MR) is 189 cm³/mol. The first-order chi connectivity index (χ1) is 23.2. The van der Waals surface area contributed by atoms with Gasteiger partial charge in [-0.1, -0.05) is 121 Å². The van der Waals surface area contributed by atoms with Crippen LogP contribution >= 0.6 is 0 Å². The van der Waals surface area contributed by atoms with Crippen LogP contribution in [0.3, 0.4) is 0 Å². The van der Waals surface area contributed by atoms with Crippen LogP contribution in [0.5, 0.6) is 11.5 Å². The quantitative estimate of drug-likeness (QED) is 0.176. The molecule has 0 atom stereocenters. The lowest BCUT2D eigenvalue weighted by molar-refractivity contribution is 0.473. The topological polar surface area (TPSA) is 31.2 Å². The maximum atomic E-state index is 14.5. The van der Waals surface area contributed by atoms with Crippen LogP contribution in [0.2, 0.25) is 0 Å². The van der Waals surface area contributed by atoms with Crippen molar-refractivity contribution in [3.05, 3.63) is 184 Å². The summed E-state index contributed by atoms with van der Waals surface area (Å²) in [6.07, 6.45) is 0. The van der Waals surface area contributed by atoms with E-state index in [4.69, 9.17) is 4.74 Å². The van der Waals surface area contributed by atoms with Gasteiger partial charge < -0.3 is 4.74 Å². The Morgan fingerprint density at radius 3 is 1.70 bits per heavy atom. The summed E-state index contributed by atoms with van der Waals surface area (Å²) >= 11 is 0. The van der Waals surface area contributed by atoms with Crippen LogP contribution in [0, 0.1) is 0 Å². The molecule has 47 heavy (non-hydrogen) atoms. The summed E-state index contributed by atoms with van der Waals surface area (Å²) in [7, 11) is 0. The molecular weight excluding hydrogens is 574 g/mol. The molecule has 2 aliphatic carbocycles. The molecular formula is C44H25NO2. The zero-order chi connectivity index (χ0) is 30.9. The van der Waals surface area contributed by atoms with Gasteiger partial charge in [-0.25, -0.2) is 0 Å². The number of rotatable bonds is 1. The molecule has 1 aliphatic heterocycles.